The average molecular weight is 365 g/mol. The van der Waals surface area contributed by atoms with Crippen LogP contribution in [0.3, 0.4) is 0 Å². The molecule has 2 saturated carbocycles. The molecule has 4 rings (SSSR count). The molecule has 1 aromatic heterocycles. The van der Waals surface area contributed by atoms with E-state index in [9.17, 15) is 13.6 Å². The highest BCUT2D eigenvalue weighted by atomic mass is 32.2. The summed E-state index contributed by atoms with van der Waals surface area (Å²) in [6.45, 7) is 2.10. The third-order valence-corrected chi connectivity index (χ3v) is 6.54. The Morgan fingerprint density at radius 2 is 2.16 bits per heavy atom. The molecule has 1 amide bonds. The molecular formula is C18H21F2N3OS. The van der Waals surface area contributed by atoms with Gasteiger partial charge in [0.05, 0.1) is 16.8 Å². The summed E-state index contributed by atoms with van der Waals surface area (Å²) in [6.07, 6.45) is 5.22. The van der Waals surface area contributed by atoms with Gasteiger partial charge in [-0.15, -0.1) is 0 Å². The molecular weight excluding hydrogens is 344 g/mol. The van der Waals surface area contributed by atoms with Gasteiger partial charge in [0.15, 0.2) is 16.8 Å². The first-order valence-electron chi connectivity index (χ1n) is 8.76. The summed E-state index contributed by atoms with van der Waals surface area (Å²) in [5.41, 5.74) is 0.786. The average Bonchev–Trinajstić information content (AvgIpc) is 3.28. The second-order valence-electron chi connectivity index (χ2n) is 7.31. The van der Waals surface area contributed by atoms with Gasteiger partial charge in [0, 0.05) is 18.2 Å². The van der Waals surface area contributed by atoms with Crippen molar-refractivity contribution >= 4 is 28.7 Å². The van der Waals surface area contributed by atoms with Gasteiger partial charge >= 0.3 is 0 Å². The first-order chi connectivity index (χ1) is 12.0. The van der Waals surface area contributed by atoms with Gasteiger partial charge in [0.2, 0.25) is 5.91 Å². The smallest absolute Gasteiger partial charge is 0.230 e. The van der Waals surface area contributed by atoms with E-state index in [-0.39, 0.29) is 17.7 Å². The predicted molar refractivity (Wildman–Crippen MR) is 93.3 cm³/mol. The maximum absolute atomic E-state index is 13.2. The lowest BCUT2D eigenvalue weighted by Crippen LogP contribution is -2.40. The Balaban J connectivity index is 1.32. The molecule has 2 aromatic rings. The fourth-order valence-electron chi connectivity index (χ4n) is 4.49. The number of benzene rings is 1. The lowest BCUT2D eigenvalue weighted by atomic mass is 9.84. The summed E-state index contributed by atoms with van der Waals surface area (Å²) in [6, 6.07) is 2.34. The van der Waals surface area contributed by atoms with Gasteiger partial charge in [0.25, 0.3) is 0 Å². The van der Waals surface area contributed by atoms with E-state index in [0.717, 1.165) is 24.0 Å². The van der Waals surface area contributed by atoms with Crippen LogP contribution in [0.25, 0.3) is 11.0 Å². The molecule has 2 N–H and O–H groups in total. The topological polar surface area (TPSA) is 57.8 Å². The Kier molecular flexibility index (Phi) is 4.43. The minimum Gasteiger partial charge on any atom is -0.353 e. The van der Waals surface area contributed by atoms with Crippen molar-refractivity contribution in [3.8, 4) is 0 Å². The first-order valence-corrected chi connectivity index (χ1v) is 9.75. The zero-order valence-electron chi connectivity index (χ0n) is 14.0. The van der Waals surface area contributed by atoms with Crippen LogP contribution in [0.15, 0.2) is 17.3 Å². The van der Waals surface area contributed by atoms with E-state index in [0.29, 0.717) is 22.1 Å². The van der Waals surface area contributed by atoms with Crippen molar-refractivity contribution in [1.82, 2.24) is 15.3 Å². The number of carbonyl (C=O) groups excluding carboxylic acids is 1. The first kappa shape index (κ1) is 16.8. The third kappa shape index (κ3) is 3.38. The van der Waals surface area contributed by atoms with Crippen molar-refractivity contribution in [2.45, 2.75) is 43.8 Å². The quantitative estimate of drug-likeness (QED) is 0.791. The molecule has 1 heterocycles. The van der Waals surface area contributed by atoms with E-state index < -0.39 is 11.6 Å². The number of H-pyrrole nitrogens is 1. The second kappa shape index (κ2) is 6.59. The normalized spacial score (nSPS) is 26.3. The van der Waals surface area contributed by atoms with Crippen molar-refractivity contribution in [1.29, 1.82) is 0 Å². The molecule has 2 bridgehead atoms. The molecule has 0 spiro atoms. The SMILES string of the molecule is CC(NC(=O)CSc1nc2cc(F)c(F)cc2[nH]1)C1CC2CCC1C2. The van der Waals surface area contributed by atoms with Gasteiger partial charge < -0.3 is 10.3 Å². The Hall–Kier alpha value is -1.63. The highest BCUT2D eigenvalue weighted by Gasteiger charge is 2.42. The van der Waals surface area contributed by atoms with Crippen LogP contribution in [0.5, 0.6) is 0 Å². The van der Waals surface area contributed by atoms with Gasteiger partial charge in [-0.3, -0.25) is 4.79 Å². The van der Waals surface area contributed by atoms with E-state index in [1.165, 1.54) is 37.4 Å². The number of halogens is 2. The molecule has 2 fully saturated rings. The van der Waals surface area contributed by atoms with Gasteiger partial charge in [-0.2, -0.15) is 0 Å². The van der Waals surface area contributed by atoms with Gasteiger partial charge in [-0.25, -0.2) is 13.8 Å². The maximum atomic E-state index is 13.2. The van der Waals surface area contributed by atoms with Gasteiger partial charge in [-0.05, 0) is 43.9 Å². The van der Waals surface area contributed by atoms with E-state index in [1.807, 2.05) is 0 Å². The van der Waals surface area contributed by atoms with Gasteiger partial charge in [0.1, 0.15) is 0 Å². The summed E-state index contributed by atoms with van der Waals surface area (Å²) >= 11 is 1.24. The van der Waals surface area contributed by atoms with Crippen LogP contribution in [0.4, 0.5) is 8.78 Å². The number of amides is 1. The maximum Gasteiger partial charge on any atom is 0.230 e. The Bertz CT molecular complexity index is 770. The number of imidazole rings is 1. The number of rotatable bonds is 5. The Morgan fingerprint density at radius 3 is 2.88 bits per heavy atom. The van der Waals surface area contributed by atoms with Gasteiger partial charge in [-0.1, -0.05) is 18.2 Å². The number of fused-ring (bicyclic) bond motifs is 3. The van der Waals surface area contributed by atoms with E-state index in [1.54, 1.807) is 0 Å². The lowest BCUT2D eigenvalue weighted by molar-refractivity contribution is -0.119. The second-order valence-corrected chi connectivity index (χ2v) is 8.27. The van der Waals surface area contributed by atoms with E-state index in [2.05, 4.69) is 22.2 Å². The zero-order chi connectivity index (χ0) is 17.6. The number of carbonyl (C=O) groups is 1. The summed E-state index contributed by atoms with van der Waals surface area (Å²) in [4.78, 5) is 19.3. The molecule has 2 aliphatic carbocycles. The standard InChI is InChI=1S/C18H21F2N3OS/c1-9(12-5-10-2-3-11(12)4-10)21-17(24)8-25-18-22-15-6-13(19)14(20)7-16(15)23-18/h6-7,9-12H,2-5,8H2,1H3,(H,21,24)(H,22,23). The number of hydrogen-bond acceptors (Lipinski definition) is 3. The Morgan fingerprint density at radius 1 is 1.36 bits per heavy atom. The molecule has 25 heavy (non-hydrogen) atoms. The molecule has 7 heteroatoms. The molecule has 0 radical (unpaired) electrons. The van der Waals surface area contributed by atoms with E-state index in [4.69, 9.17) is 0 Å². The summed E-state index contributed by atoms with van der Waals surface area (Å²) in [5, 5.41) is 3.60. The number of aromatic nitrogens is 2. The molecule has 134 valence electrons. The number of thioether (sulfide) groups is 1. The number of nitrogens with zero attached hydrogens (tertiary/aromatic N) is 1. The summed E-state index contributed by atoms with van der Waals surface area (Å²) in [7, 11) is 0. The van der Waals surface area contributed by atoms with Crippen LogP contribution >= 0.6 is 11.8 Å². The molecule has 2 aliphatic rings. The molecule has 4 unspecified atom stereocenters. The van der Waals surface area contributed by atoms with Crippen LogP contribution in [-0.2, 0) is 4.79 Å². The number of aromatic amines is 1. The van der Waals surface area contributed by atoms with Crippen molar-refractivity contribution < 1.29 is 13.6 Å². The minimum absolute atomic E-state index is 0.0295. The summed E-state index contributed by atoms with van der Waals surface area (Å²) in [5.74, 6) is 0.602. The molecule has 0 aliphatic heterocycles. The van der Waals surface area contributed by atoms with Crippen molar-refractivity contribution in [2.75, 3.05) is 5.75 Å². The number of nitrogens with one attached hydrogen (secondary N) is 2. The fourth-order valence-corrected chi connectivity index (χ4v) is 5.19. The van der Waals surface area contributed by atoms with E-state index >= 15 is 0 Å². The minimum atomic E-state index is -0.923. The largest absolute Gasteiger partial charge is 0.353 e. The third-order valence-electron chi connectivity index (χ3n) is 5.67. The van der Waals surface area contributed by atoms with Crippen LogP contribution in [0.2, 0.25) is 0 Å². The zero-order valence-corrected chi connectivity index (χ0v) is 14.8. The molecule has 4 atom stereocenters. The van der Waals surface area contributed by atoms with Crippen LogP contribution < -0.4 is 5.32 Å². The van der Waals surface area contributed by atoms with Crippen molar-refractivity contribution in [3.63, 3.8) is 0 Å². The van der Waals surface area contributed by atoms with Crippen LogP contribution in [0.1, 0.15) is 32.6 Å². The number of hydrogen-bond donors (Lipinski definition) is 2. The Labute approximate surface area is 149 Å². The molecule has 0 saturated heterocycles. The van der Waals surface area contributed by atoms with Crippen molar-refractivity contribution in [3.05, 3.63) is 23.8 Å². The van der Waals surface area contributed by atoms with Crippen LogP contribution in [-0.4, -0.2) is 27.7 Å². The highest BCUT2D eigenvalue weighted by molar-refractivity contribution is 7.99. The lowest BCUT2D eigenvalue weighted by Gasteiger charge is -2.28. The highest BCUT2D eigenvalue weighted by Crippen LogP contribution is 2.49. The molecule has 4 nitrogen and oxygen atoms in total. The monoisotopic (exact) mass is 365 g/mol. The fraction of sp³-hybridized carbons (Fsp3) is 0.556. The van der Waals surface area contributed by atoms with Crippen LogP contribution in [0, 0.1) is 29.4 Å². The van der Waals surface area contributed by atoms with Crippen molar-refractivity contribution in [2.24, 2.45) is 17.8 Å². The predicted octanol–water partition coefficient (Wildman–Crippen LogP) is 3.87. The molecule has 1 aromatic carbocycles. The summed E-state index contributed by atoms with van der Waals surface area (Å²) < 4.78 is 26.5.